The van der Waals surface area contributed by atoms with Gasteiger partial charge >= 0.3 is 13.5 Å². The van der Waals surface area contributed by atoms with Gasteiger partial charge in [0.1, 0.15) is 24.1 Å². The Morgan fingerprint density at radius 3 is 2.27 bits per heavy atom. The largest absolute Gasteiger partial charge is 0.466 e. The van der Waals surface area contributed by atoms with Crippen LogP contribution in [0.1, 0.15) is 6.23 Å². The molecular formula is C9H16N3O9P. The fourth-order valence-corrected chi connectivity index (χ4v) is 1.73. The van der Waals surface area contributed by atoms with Crippen molar-refractivity contribution in [2.75, 3.05) is 12.3 Å². The first-order valence-corrected chi connectivity index (χ1v) is 7.36. The van der Waals surface area contributed by atoms with Gasteiger partial charge in [-0.15, -0.1) is 0 Å². The fraction of sp³-hybridized carbons (Fsp3) is 0.556. The van der Waals surface area contributed by atoms with Crippen LogP contribution in [0.2, 0.25) is 0 Å². The van der Waals surface area contributed by atoms with Gasteiger partial charge in [-0.05, 0) is 6.07 Å². The fourth-order valence-electron chi connectivity index (χ4n) is 1.73. The molecule has 1 aliphatic heterocycles. The summed E-state index contributed by atoms with van der Waals surface area (Å²) in [7, 11) is -4.64. The number of nitrogens with zero attached hydrogens (tertiary/aromatic N) is 2. The molecule has 126 valence electrons. The van der Waals surface area contributed by atoms with Crippen molar-refractivity contribution < 1.29 is 39.3 Å². The highest BCUT2D eigenvalue weighted by Gasteiger charge is 2.43. The molecule has 1 fully saturated rings. The zero-order chi connectivity index (χ0) is 17.1. The molecule has 0 radical (unpaired) electrons. The van der Waals surface area contributed by atoms with Crippen LogP contribution in [0.3, 0.4) is 0 Å². The van der Waals surface area contributed by atoms with Crippen molar-refractivity contribution in [1.29, 1.82) is 0 Å². The van der Waals surface area contributed by atoms with Gasteiger partial charge in [-0.2, -0.15) is 4.98 Å². The van der Waals surface area contributed by atoms with Crippen molar-refractivity contribution in [3.63, 3.8) is 0 Å². The number of nitrogens with two attached hydrogens (primary N) is 1. The van der Waals surface area contributed by atoms with Gasteiger partial charge in [-0.1, -0.05) is 0 Å². The van der Waals surface area contributed by atoms with E-state index in [1.807, 2.05) is 0 Å². The molecule has 1 aromatic rings. The van der Waals surface area contributed by atoms with Crippen LogP contribution in [0.15, 0.2) is 17.1 Å². The summed E-state index contributed by atoms with van der Waals surface area (Å²) in [5.74, 6) is 0.0537. The van der Waals surface area contributed by atoms with E-state index in [4.69, 9.17) is 34.8 Å². The lowest BCUT2D eigenvalue weighted by molar-refractivity contribution is -0.0549. The van der Waals surface area contributed by atoms with Crippen LogP contribution in [0, 0.1) is 0 Å². The van der Waals surface area contributed by atoms with Crippen molar-refractivity contribution in [2.24, 2.45) is 0 Å². The van der Waals surface area contributed by atoms with E-state index >= 15 is 0 Å². The number of hydrogen-bond acceptors (Lipinski definition) is 8. The predicted octanol–water partition coefficient (Wildman–Crippen LogP) is -3.49. The Kier molecular flexibility index (Phi) is 6.17. The Labute approximate surface area is 123 Å². The summed E-state index contributed by atoms with van der Waals surface area (Å²) in [6, 6.07) is 1.37. The molecule has 1 aliphatic rings. The Balaban J connectivity index is 0.000000422. The van der Waals surface area contributed by atoms with Crippen molar-refractivity contribution in [1.82, 2.24) is 9.55 Å². The quantitative estimate of drug-likeness (QED) is 0.262. The summed E-state index contributed by atoms with van der Waals surface area (Å²) in [5.41, 5.74) is 4.63. The number of rotatable bonds is 2. The van der Waals surface area contributed by atoms with Crippen LogP contribution in [0.25, 0.3) is 0 Å². The van der Waals surface area contributed by atoms with Crippen LogP contribution in [-0.4, -0.2) is 64.5 Å². The van der Waals surface area contributed by atoms with E-state index in [0.29, 0.717) is 0 Å². The van der Waals surface area contributed by atoms with Crippen molar-refractivity contribution in [3.05, 3.63) is 22.7 Å². The van der Waals surface area contributed by atoms with Gasteiger partial charge in [0.15, 0.2) is 6.23 Å². The van der Waals surface area contributed by atoms with Gasteiger partial charge in [0.2, 0.25) is 0 Å². The highest BCUT2D eigenvalue weighted by Crippen LogP contribution is 2.28. The molecule has 0 unspecified atom stereocenters. The first-order valence-electron chi connectivity index (χ1n) is 5.80. The van der Waals surface area contributed by atoms with Crippen LogP contribution in [0.5, 0.6) is 0 Å². The number of anilines is 1. The average Bonchev–Trinajstić information content (AvgIpc) is 2.64. The second-order valence-electron chi connectivity index (χ2n) is 4.28. The summed E-state index contributed by atoms with van der Waals surface area (Å²) in [5, 5.41) is 28.2. The number of aliphatic hydroxyl groups is 3. The minimum Gasteiger partial charge on any atom is -0.394 e. The topological polar surface area (TPSA) is 209 Å². The third kappa shape index (κ3) is 5.12. The van der Waals surface area contributed by atoms with Crippen molar-refractivity contribution in [3.8, 4) is 0 Å². The third-order valence-electron chi connectivity index (χ3n) is 2.64. The molecule has 0 aromatic carbocycles. The Morgan fingerprint density at radius 2 is 1.86 bits per heavy atom. The van der Waals surface area contributed by atoms with E-state index in [2.05, 4.69) is 4.98 Å². The van der Waals surface area contributed by atoms with Crippen LogP contribution < -0.4 is 11.4 Å². The SMILES string of the molecule is Nc1ccn([C@@H]2O[C@H](CO)[C@@H](O)[C@@H]2O)c(=O)n1.O=P(O)(O)O. The standard InChI is InChI=1S/C9H13N3O5.H3O4P/c10-5-1-2-12(9(16)11-5)8-7(15)6(14)4(3-13)17-8;1-5(2,3)4/h1-2,4,6-8,13-15H,3H2,(H2,10,11,16);(H3,1,2,3,4)/t4-,6-,7+,8-;/m1./s1. The molecule has 0 aliphatic carbocycles. The molecule has 4 atom stereocenters. The minimum absolute atomic E-state index is 0.0537. The van der Waals surface area contributed by atoms with Gasteiger partial charge in [0.05, 0.1) is 6.61 Å². The molecule has 8 N–H and O–H groups in total. The Morgan fingerprint density at radius 1 is 1.32 bits per heavy atom. The number of nitrogen functional groups attached to an aromatic ring is 1. The van der Waals surface area contributed by atoms with E-state index in [1.165, 1.54) is 12.3 Å². The maximum atomic E-state index is 11.5. The molecule has 22 heavy (non-hydrogen) atoms. The molecule has 1 saturated heterocycles. The number of phosphoric acid groups is 1. The van der Waals surface area contributed by atoms with Gasteiger partial charge in [0, 0.05) is 6.20 Å². The van der Waals surface area contributed by atoms with Crippen LogP contribution in [0.4, 0.5) is 5.82 Å². The zero-order valence-corrected chi connectivity index (χ0v) is 11.9. The minimum atomic E-state index is -4.64. The lowest BCUT2D eigenvalue weighted by atomic mass is 10.1. The van der Waals surface area contributed by atoms with E-state index in [-0.39, 0.29) is 5.82 Å². The van der Waals surface area contributed by atoms with Crippen molar-refractivity contribution >= 4 is 13.6 Å². The van der Waals surface area contributed by atoms with E-state index in [1.54, 1.807) is 0 Å². The molecule has 1 aromatic heterocycles. The predicted molar refractivity (Wildman–Crippen MR) is 70.2 cm³/mol. The maximum Gasteiger partial charge on any atom is 0.466 e. The van der Waals surface area contributed by atoms with E-state index < -0.39 is 44.7 Å². The van der Waals surface area contributed by atoms with Gasteiger partial charge in [0.25, 0.3) is 0 Å². The normalized spacial score (nSPS) is 28.1. The molecule has 0 bridgehead atoms. The Hall–Kier alpha value is -1.37. The Bertz CT molecular complexity index is 594. The summed E-state index contributed by atoms with van der Waals surface area (Å²) in [6.45, 7) is -0.453. The molecule has 2 heterocycles. The highest BCUT2D eigenvalue weighted by atomic mass is 31.2. The third-order valence-corrected chi connectivity index (χ3v) is 2.64. The summed E-state index contributed by atoms with van der Waals surface area (Å²) in [6.07, 6.45) is -3.27. The maximum absolute atomic E-state index is 11.5. The highest BCUT2D eigenvalue weighted by molar-refractivity contribution is 7.45. The second-order valence-corrected chi connectivity index (χ2v) is 5.31. The van der Waals surface area contributed by atoms with Gasteiger partial charge in [-0.25, -0.2) is 9.36 Å². The summed E-state index contributed by atoms with van der Waals surface area (Å²) in [4.78, 5) is 36.6. The van der Waals surface area contributed by atoms with Gasteiger partial charge < -0.3 is 40.5 Å². The van der Waals surface area contributed by atoms with E-state index in [0.717, 1.165) is 4.57 Å². The lowest BCUT2D eigenvalue weighted by Gasteiger charge is -2.16. The second kappa shape index (κ2) is 7.26. The summed E-state index contributed by atoms with van der Waals surface area (Å²) >= 11 is 0. The van der Waals surface area contributed by atoms with Crippen molar-refractivity contribution in [2.45, 2.75) is 24.5 Å². The molecule has 2 rings (SSSR count). The van der Waals surface area contributed by atoms with E-state index in [9.17, 15) is 15.0 Å². The van der Waals surface area contributed by atoms with Gasteiger partial charge in [-0.3, -0.25) is 4.57 Å². The molecule has 12 nitrogen and oxygen atoms in total. The number of hydrogen-bond donors (Lipinski definition) is 7. The smallest absolute Gasteiger partial charge is 0.394 e. The monoisotopic (exact) mass is 341 g/mol. The number of aromatic nitrogens is 2. The molecule has 0 spiro atoms. The molecule has 0 saturated carbocycles. The molecule has 13 heteroatoms. The summed E-state index contributed by atoms with van der Waals surface area (Å²) < 4.78 is 15.1. The molecule has 0 amide bonds. The molecular weight excluding hydrogens is 325 g/mol. The van der Waals surface area contributed by atoms with Crippen LogP contribution in [-0.2, 0) is 9.30 Å². The lowest BCUT2D eigenvalue weighted by Crippen LogP contribution is -2.36. The number of ether oxygens (including phenoxy) is 1. The first-order chi connectivity index (χ1) is 10.0. The first kappa shape index (κ1) is 18.7. The van der Waals surface area contributed by atoms with Crippen LogP contribution >= 0.6 is 7.82 Å². The number of aliphatic hydroxyl groups excluding tert-OH is 3. The zero-order valence-electron chi connectivity index (χ0n) is 11.0. The average molecular weight is 341 g/mol.